The third-order valence-electron chi connectivity index (χ3n) is 0.235. The quantitative estimate of drug-likeness (QED) is 0.248. The lowest BCUT2D eigenvalue weighted by molar-refractivity contribution is -0.217. The van der Waals surface area contributed by atoms with Crippen LogP contribution in [0.25, 0.3) is 0 Å². The van der Waals surface area contributed by atoms with Crippen LogP contribution in [0.3, 0.4) is 0 Å². The minimum atomic E-state index is 0.0995. The van der Waals surface area contributed by atoms with Crippen molar-refractivity contribution in [2.75, 3.05) is 0 Å². The molecule has 0 bridgehead atoms. The molecule has 6 heavy (non-hydrogen) atoms. The Labute approximate surface area is 43.0 Å². The molecule has 0 radical (unpaired) electrons. The first-order valence-electron chi connectivity index (χ1n) is 1.74. The molecule has 0 atom stereocenters. The monoisotopic (exact) mass is 108 g/mol. The maximum Gasteiger partial charge on any atom is 0.0886 e. The van der Waals surface area contributed by atoms with Crippen molar-refractivity contribution in [3.8, 4) is 0 Å². The molecule has 0 aliphatic carbocycles. The molecule has 0 aliphatic rings. The lowest BCUT2D eigenvalue weighted by Crippen LogP contribution is -1.96. The lowest BCUT2D eigenvalue weighted by Gasteiger charge is -1.97. The Balaban J connectivity index is 2.63. The predicted molar refractivity (Wildman–Crippen MR) is 26.3 cm³/mol. The fraction of sp³-hybridized carbons (Fsp3) is 1.00. The van der Waals surface area contributed by atoms with E-state index in [0.29, 0.717) is 0 Å². The molecule has 0 saturated carbocycles. The van der Waals surface area contributed by atoms with Crippen LogP contribution in [-0.2, 0) is 9.22 Å². The minimum Gasteiger partial charge on any atom is -0.222 e. The maximum absolute atomic E-state index is 4.41. The van der Waals surface area contributed by atoms with Crippen LogP contribution >= 0.6 is 12.9 Å². The number of hydrogen-bond donors (Lipinski definition) is 1. The second kappa shape index (κ2) is 3.46. The van der Waals surface area contributed by atoms with Crippen LogP contribution < -0.4 is 0 Å². The van der Waals surface area contributed by atoms with Crippen molar-refractivity contribution in [1.82, 2.24) is 0 Å². The van der Waals surface area contributed by atoms with Crippen molar-refractivity contribution >= 4 is 12.9 Å². The third-order valence-corrected chi connectivity index (χ3v) is 0.322. The van der Waals surface area contributed by atoms with Gasteiger partial charge in [-0.1, -0.05) is 0 Å². The summed E-state index contributed by atoms with van der Waals surface area (Å²) >= 11 is 3.34. The molecular formula is C3H8O2S. The zero-order chi connectivity index (χ0) is 4.99. The molecular weight excluding hydrogens is 100 g/mol. The molecule has 0 aliphatic heterocycles. The molecule has 0 amide bonds. The summed E-state index contributed by atoms with van der Waals surface area (Å²) in [6.07, 6.45) is 0.0995. The van der Waals surface area contributed by atoms with Crippen molar-refractivity contribution in [3.63, 3.8) is 0 Å². The zero-order valence-electron chi connectivity index (χ0n) is 3.84. The summed E-state index contributed by atoms with van der Waals surface area (Å²) in [5.74, 6) is 0. The van der Waals surface area contributed by atoms with E-state index in [2.05, 4.69) is 22.1 Å². The minimum absolute atomic E-state index is 0.0995. The molecule has 0 aromatic rings. The molecule has 38 valence electrons. The summed E-state index contributed by atoms with van der Waals surface area (Å²) in [6, 6.07) is 0. The van der Waals surface area contributed by atoms with Crippen molar-refractivity contribution in [2.45, 2.75) is 20.0 Å². The number of hydrogen-bond acceptors (Lipinski definition) is 3. The zero-order valence-corrected chi connectivity index (χ0v) is 4.74. The average molecular weight is 108 g/mol. The molecule has 0 aromatic carbocycles. The Kier molecular flexibility index (Phi) is 3.62. The highest BCUT2D eigenvalue weighted by Crippen LogP contribution is 1.88. The molecule has 3 heteroatoms. The van der Waals surface area contributed by atoms with Crippen molar-refractivity contribution in [3.05, 3.63) is 0 Å². The van der Waals surface area contributed by atoms with E-state index in [4.69, 9.17) is 0 Å². The van der Waals surface area contributed by atoms with E-state index in [1.807, 2.05) is 13.8 Å². The van der Waals surface area contributed by atoms with Gasteiger partial charge in [0.1, 0.15) is 0 Å². The molecule has 0 heterocycles. The number of rotatable bonds is 2. The van der Waals surface area contributed by atoms with Crippen LogP contribution in [0, 0.1) is 0 Å². The van der Waals surface area contributed by atoms with E-state index in [1.54, 1.807) is 0 Å². The van der Waals surface area contributed by atoms with E-state index in [9.17, 15) is 0 Å². The standard InChI is InChI=1S/C3H8O2S/c1-3(2)4-5-6/h3,6H,1-2H3. The molecule has 0 fully saturated rings. The topological polar surface area (TPSA) is 18.5 Å². The van der Waals surface area contributed by atoms with Crippen LogP contribution in [0.5, 0.6) is 0 Å². The first-order chi connectivity index (χ1) is 2.77. The fourth-order valence-electron chi connectivity index (χ4n) is 0.0861. The predicted octanol–water partition coefficient (Wildman–Crippen LogP) is 1.19. The highest BCUT2D eigenvalue weighted by Gasteiger charge is 1.86. The molecule has 0 spiro atoms. The Morgan fingerprint density at radius 2 is 2.00 bits per heavy atom. The first-order valence-corrected chi connectivity index (χ1v) is 2.10. The smallest absolute Gasteiger partial charge is 0.0886 e. The number of thiol groups is 1. The highest BCUT2D eigenvalue weighted by molar-refractivity contribution is 7.74. The van der Waals surface area contributed by atoms with E-state index in [0.717, 1.165) is 0 Å². The van der Waals surface area contributed by atoms with Crippen molar-refractivity contribution < 1.29 is 9.22 Å². The Bertz CT molecular complexity index is 30.0. The summed E-state index contributed by atoms with van der Waals surface area (Å²) < 4.78 is 4.00. The second-order valence-corrected chi connectivity index (χ2v) is 1.37. The Morgan fingerprint density at radius 3 is 2.00 bits per heavy atom. The second-order valence-electron chi connectivity index (χ2n) is 1.22. The highest BCUT2D eigenvalue weighted by atomic mass is 32.1. The SMILES string of the molecule is CC(C)OOS. The van der Waals surface area contributed by atoms with Gasteiger partial charge < -0.3 is 0 Å². The van der Waals surface area contributed by atoms with Gasteiger partial charge in [-0.25, -0.2) is 4.89 Å². The molecule has 0 aromatic heterocycles. The van der Waals surface area contributed by atoms with Crippen LogP contribution in [-0.4, -0.2) is 6.10 Å². The van der Waals surface area contributed by atoms with Gasteiger partial charge in [-0.05, 0) is 13.8 Å². The maximum atomic E-state index is 4.41. The summed E-state index contributed by atoms with van der Waals surface area (Å²) in [5.41, 5.74) is 0. The van der Waals surface area contributed by atoms with Crippen molar-refractivity contribution in [1.29, 1.82) is 0 Å². The van der Waals surface area contributed by atoms with E-state index < -0.39 is 0 Å². The van der Waals surface area contributed by atoms with E-state index in [-0.39, 0.29) is 6.10 Å². The molecule has 0 saturated heterocycles. The summed E-state index contributed by atoms with van der Waals surface area (Å²) in [6.45, 7) is 3.71. The molecule has 0 N–H and O–H groups in total. The van der Waals surface area contributed by atoms with Crippen molar-refractivity contribution in [2.24, 2.45) is 0 Å². The summed E-state index contributed by atoms with van der Waals surface area (Å²) in [4.78, 5) is 4.41. The average Bonchev–Trinajstić information content (AvgIpc) is 1.35. The molecule has 0 unspecified atom stereocenters. The summed E-state index contributed by atoms with van der Waals surface area (Å²) in [7, 11) is 0. The van der Waals surface area contributed by atoms with Gasteiger partial charge in [0, 0.05) is 12.9 Å². The normalized spacial score (nSPS) is 10.0. The van der Waals surface area contributed by atoms with Gasteiger partial charge in [-0.15, -0.1) is 0 Å². The first kappa shape index (κ1) is 6.27. The third kappa shape index (κ3) is 4.27. The van der Waals surface area contributed by atoms with E-state index in [1.165, 1.54) is 0 Å². The Hall–Kier alpha value is 0.270. The van der Waals surface area contributed by atoms with Crippen LogP contribution in [0.15, 0.2) is 0 Å². The fourth-order valence-corrected chi connectivity index (χ4v) is 0.258. The van der Waals surface area contributed by atoms with Gasteiger partial charge in [-0.3, -0.25) is 0 Å². The molecule has 2 nitrogen and oxygen atoms in total. The van der Waals surface area contributed by atoms with Gasteiger partial charge in [0.15, 0.2) is 0 Å². The van der Waals surface area contributed by atoms with E-state index >= 15 is 0 Å². The Morgan fingerprint density at radius 1 is 1.50 bits per heavy atom. The lowest BCUT2D eigenvalue weighted by atomic mass is 10.5. The van der Waals surface area contributed by atoms with Gasteiger partial charge in [0.25, 0.3) is 0 Å². The van der Waals surface area contributed by atoms with Gasteiger partial charge in [0.05, 0.1) is 6.10 Å². The largest absolute Gasteiger partial charge is 0.222 e. The summed E-state index contributed by atoms with van der Waals surface area (Å²) in [5, 5.41) is 0. The van der Waals surface area contributed by atoms with Crippen LogP contribution in [0.4, 0.5) is 0 Å². The van der Waals surface area contributed by atoms with Crippen LogP contribution in [0.2, 0.25) is 0 Å². The van der Waals surface area contributed by atoms with Gasteiger partial charge >= 0.3 is 0 Å². The van der Waals surface area contributed by atoms with Gasteiger partial charge in [-0.2, -0.15) is 4.33 Å². The van der Waals surface area contributed by atoms with Gasteiger partial charge in [0.2, 0.25) is 0 Å². The molecule has 0 rings (SSSR count). The van der Waals surface area contributed by atoms with Crippen LogP contribution in [0.1, 0.15) is 13.8 Å².